The van der Waals surface area contributed by atoms with Crippen molar-refractivity contribution in [3.8, 4) is 0 Å². The van der Waals surface area contributed by atoms with Crippen LogP contribution in [-0.4, -0.2) is 7.38 Å². The fourth-order valence-corrected chi connectivity index (χ4v) is 9.77. The highest BCUT2D eigenvalue weighted by Crippen LogP contribution is 2.52. The van der Waals surface area contributed by atoms with Crippen LogP contribution < -0.4 is 0 Å². The number of hydrogen-bond donors (Lipinski definition) is 0. The highest BCUT2D eigenvalue weighted by molar-refractivity contribution is 7.22. The van der Waals surface area contributed by atoms with Gasteiger partial charge in [-0.05, 0) is 34.9 Å². The van der Waals surface area contributed by atoms with Crippen LogP contribution in [0.4, 0.5) is 0 Å². The summed E-state index contributed by atoms with van der Waals surface area (Å²) in [6.07, 6.45) is 0. The Morgan fingerprint density at radius 3 is 1.38 bits per heavy atom. The predicted molar refractivity (Wildman–Crippen MR) is 79.8 cm³/mol. The highest BCUT2D eigenvalue weighted by atomic mass is 35.6. The zero-order valence-corrected chi connectivity index (χ0v) is 14.3. The van der Waals surface area contributed by atoms with Crippen LogP contribution in [0.25, 0.3) is 0 Å². The molecule has 0 saturated heterocycles. The van der Waals surface area contributed by atoms with E-state index in [4.69, 9.17) is 11.1 Å². The molecule has 0 rings (SSSR count). The van der Waals surface area contributed by atoms with Crippen LogP contribution in [0.5, 0.6) is 0 Å². The molecular weight excluding hydrogens is 232 g/mol. The average molecular weight is 263 g/mol. The van der Waals surface area contributed by atoms with Gasteiger partial charge in [-0.15, -0.1) is 0 Å². The summed E-state index contributed by atoms with van der Waals surface area (Å²) >= 11 is 7.15. The molecule has 0 aliphatic heterocycles. The Hall–Kier alpha value is 0.507. The first-order chi connectivity index (χ1) is 7.03. The molecule has 0 aromatic rings. The van der Waals surface area contributed by atoms with Crippen molar-refractivity contribution in [2.24, 2.45) is 17.8 Å². The van der Waals surface area contributed by atoms with Crippen LogP contribution >= 0.6 is 11.1 Å². The van der Waals surface area contributed by atoms with E-state index in [0.29, 0.717) is 11.0 Å². The molecule has 0 unspecified atom stereocenters. The summed E-state index contributed by atoms with van der Waals surface area (Å²) in [5.74, 6) is 2.12. The first kappa shape index (κ1) is 16.5. The van der Waals surface area contributed by atoms with Gasteiger partial charge in [0.15, 0.2) is 7.38 Å². The van der Waals surface area contributed by atoms with E-state index in [1.165, 1.54) is 12.1 Å². The average Bonchev–Trinajstić information content (AvgIpc) is 1.99. The lowest BCUT2D eigenvalue weighted by molar-refractivity contribution is 0.449. The Morgan fingerprint density at radius 1 is 0.875 bits per heavy atom. The fraction of sp³-hybridized carbons (Fsp3) is 1.00. The minimum absolute atomic E-state index is 0.323. The van der Waals surface area contributed by atoms with E-state index in [9.17, 15) is 0 Å². The van der Waals surface area contributed by atoms with Crippen LogP contribution in [0.2, 0.25) is 17.1 Å². The summed E-state index contributed by atoms with van der Waals surface area (Å²) in [7, 11) is -1.69. The van der Waals surface area contributed by atoms with Gasteiger partial charge in [-0.1, -0.05) is 55.4 Å². The summed E-state index contributed by atoms with van der Waals surface area (Å²) in [5.41, 5.74) is 0. The maximum Gasteiger partial charge on any atom is 0.162 e. The standard InChI is InChI=1S/C14H31ClSi/c1-11(2)9-16(15,10-12(3)4)14(7,8)13(5)6/h11-13H,9-10H2,1-8H3. The molecule has 0 aliphatic rings. The highest BCUT2D eigenvalue weighted by Gasteiger charge is 2.48. The second-order valence-electron chi connectivity index (χ2n) is 7.04. The Kier molecular flexibility index (Phi) is 6.09. The molecule has 98 valence electrons. The lowest BCUT2D eigenvalue weighted by atomic mass is 9.99. The minimum atomic E-state index is -1.69. The second-order valence-corrected chi connectivity index (χ2v) is 13.2. The van der Waals surface area contributed by atoms with Gasteiger partial charge in [0.2, 0.25) is 0 Å². The summed E-state index contributed by atoms with van der Waals surface area (Å²) in [4.78, 5) is 0. The van der Waals surface area contributed by atoms with Gasteiger partial charge in [0, 0.05) is 0 Å². The molecule has 0 spiro atoms. The van der Waals surface area contributed by atoms with Crippen LogP contribution in [-0.2, 0) is 0 Å². The third kappa shape index (κ3) is 4.07. The number of halogens is 1. The molecule has 0 radical (unpaired) electrons. The SMILES string of the molecule is CC(C)C[Si](Cl)(CC(C)C)C(C)(C)C(C)C. The smallest absolute Gasteiger partial charge is 0.162 e. The lowest BCUT2D eigenvalue weighted by Gasteiger charge is -2.45. The molecule has 0 aromatic heterocycles. The van der Waals surface area contributed by atoms with Crippen molar-refractivity contribution in [1.29, 1.82) is 0 Å². The largest absolute Gasteiger partial charge is 0.166 e. The number of hydrogen-bond acceptors (Lipinski definition) is 0. The quantitative estimate of drug-likeness (QED) is 0.412. The Balaban J connectivity index is 5.05. The van der Waals surface area contributed by atoms with E-state index in [0.717, 1.165) is 11.8 Å². The molecular formula is C14H31ClSi. The van der Waals surface area contributed by atoms with Gasteiger partial charge in [0.25, 0.3) is 0 Å². The third-order valence-electron chi connectivity index (χ3n) is 4.06. The topological polar surface area (TPSA) is 0 Å². The molecule has 0 nitrogen and oxygen atoms in total. The van der Waals surface area contributed by atoms with Crippen LogP contribution in [0.3, 0.4) is 0 Å². The van der Waals surface area contributed by atoms with Crippen LogP contribution in [0, 0.1) is 17.8 Å². The van der Waals surface area contributed by atoms with Crippen molar-refractivity contribution < 1.29 is 0 Å². The summed E-state index contributed by atoms with van der Waals surface area (Å²) in [6, 6.07) is 2.50. The predicted octanol–water partition coefficient (Wildman–Crippen LogP) is 5.92. The van der Waals surface area contributed by atoms with E-state index in [2.05, 4.69) is 55.4 Å². The van der Waals surface area contributed by atoms with E-state index in [-0.39, 0.29) is 0 Å². The minimum Gasteiger partial charge on any atom is -0.166 e. The van der Waals surface area contributed by atoms with Gasteiger partial charge in [-0.25, -0.2) is 0 Å². The molecule has 0 bridgehead atoms. The molecule has 0 N–H and O–H groups in total. The maximum absolute atomic E-state index is 7.15. The van der Waals surface area contributed by atoms with E-state index >= 15 is 0 Å². The summed E-state index contributed by atoms with van der Waals surface area (Å²) < 4.78 is 0. The zero-order chi connectivity index (χ0) is 13.1. The Labute approximate surface area is 109 Å². The van der Waals surface area contributed by atoms with Gasteiger partial charge in [-0.2, -0.15) is 11.1 Å². The molecule has 0 atom stereocenters. The van der Waals surface area contributed by atoms with Crippen molar-refractivity contribution in [3.63, 3.8) is 0 Å². The van der Waals surface area contributed by atoms with Crippen LogP contribution in [0.1, 0.15) is 55.4 Å². The summed E-state index contributed by atoms with van der Waals surface area (Å²) in [6.45, 7) is 18.7. The molecule has 0 aliphatic carbocycles. The first-order valence-corrected chi connectivity index (χ1v) is 10.1. The third-order valence-corrected chi connectivity index (χ3v) is 12.3. The maximum atomic E-state index is 7.15. The van der Waals surface area contributed by atoms with Crippen molar-refractivity contribution in [1.82, 2.24) is 0 Å². The van der Waals surface area contributed by atoms with Crippen molar-refractivity contribution in [2.75, 3.05) is 0 Å². The molecule has 0 heterocycles. The van der Waals surface area contributed by atoms with Crippen molar-refractivity contribution in [3.05, 3.63) is 0 Å². The van der Waals surface area contributed by atoms with Gasteiger partial charge in [-0.3, -0.25) is 0 Å². The normalized spacial score (nSPS) is 14.2. The molecule has 0 fully saturated rings. The first-order valence-electron chi connectivity index (χ1n) is 6.72. The van der Waals surface area contributed by atoms with E-state index in [1.54, 1.807) is 0 Å². The summed E-state index contributed by atoms with van der Waals surface area (Å²) in [5, 5.41) is 0.323. The fourth-order valence-electron chi connectivity index (χ4n) is 2.42. The molecule has 16 heavy (non-hydrogen) atoms. The van der Waals surface area contributed by atoms with E-state index < -0.39 is 7.38 Å². The second kappa shape index (κ2) is 5.91. The zero-order valence-electron chi connectivity index (χ0n) is 12.5. The molecule has 0 saturated carbocycles. The van der Waals surface area contributed by atoms with Crippen LogP contribution in [0.15, 0.2) is 0 Å². The number of rotatable bonds is 6. The van der Waals surface area contributed by atoms with Crippen molar-refractivity contribution >= 4 is 18.5 Å². The van der Waals surface area contributed by atoms with Gasteiger partial charge in [0.1, 0.15) is 0 Å². The van der Waals surface area contributed by atoms with E-state index in [1.807, 2.05) is 0 Å². The van der Waals surface area contributed by atoms with Gasteiger partial charge in [0.05, 0.1) is 0 Å². The molecule has 0 amide bonds. The Morgan fingerprint density at radius 2 is 1.19 bits per heavy atom. The van der Waals surface area contributed by atoms with Crippen molar-refractivity contribution in [2.45, 2.75) is 72.5 Å². The molecule has 0 aromatic carbocycles. The Bertz CT molecular complexity index is 197. The monoisotopic (exact) mass is 262 g/mol. The van der Waals surface area contributed by atoms with Gasteiger partial charge >= 0.3 is 0 Å². The van der Waals surface area contributed by atoms with Gasteiger partial charge < -0.3 is 0 Å². The molecule has 2 heteroatoms. The lowest BCUT2D eigenvalue weighted by Crippen LogP contribution is -2.44.